The van der Waals surface area contributed by atoms with Crippen LogP contribution in [0.25, 0.3) is 0 Å². The summed E-state index contributed by atoms with van der Waals surface area (Å²) in [6.45, 7) is 2.02. The number of rotatable bonds is 6. The van der Waals surface area contributed by atoms with Crippen molar-refractivity contribution in [3.63, 3.8) is 0 Å². The minimum atomic E-state index is -0.503. The van der Waals surface area contributed by atoms with Gasteiger partial charge in [0.05, 0.1) is 12.2 Å². The fraction of sp³-hybridized carbons (Fsp3) is 0.231. The number of anilines is 1. The molecule has 0 radical (unpaired) electrons. The summed E-state index contributed by atoms with van der Waals surface area (Å²) in [5.74, 6) is -0.503. The Morgan fingerprint density at radius 1 is 1.44 bits per heavy atom. The van der Waals surface area contributed by atoms with Gasteiger partial charge in [-0.1, -0.05) is 28.1 Å². The molecule has 0 aliphatic rings. The molecule has 4 nitrogen and oxygen atoms in total. The van der Waals surface area contributed by atoms with E-state index in [1.807, 2.05) is 24.3 Å². The third kappa shape index (κ3) is 4.33. The lowest BCUT2D eigenvalue weighted by Crippen LogP contribution is -2.10. The van der Waals surface area contributed by atoms with E-state index in [0.717, 1.165) is 17.2 Å². The number of esters is 1. The van der Waals surface area contributed by atoms with Crippen LogP contribution in [0.5, 0.6) is 0 Å². The second-order valence-electron chi connectivity index (χ2n) is 3.44. The number of halogens is 1. The van der Waals surface area contributed by atoms with Crippen molar-refractivity contribution in [2.45, 2.75) is 12.3 Å². The normalized spacial score (nSPS) is 10.9. The van der Waals surface area contributed by atoms with Gasteiger partial charge >= 0.3 is 5.97 Å². The van der Waals surface area contributed by atoms with Crippen molar-refractivity contribution in [1.29, 1.82) is 5.41 Å². The molecule has 0 amide bonds. The van der Waals surface area contributed by atoms with E-state index in [-0.39, 0.29) is 5.57 Å². The van der Waals surface area contributed by atoms with E-state index in [9.17, 15) is 4.79 Å². The predicted octanol–water partition coefficient (Wildman–Crippen LogP) is 3.09. The van der Waals surface area contributed by atoms with Crippen LogP contribution in [0.3, 0.4) is 0 Å². The molecule has 5 heteroatoms. The average Bonchev–Trinajstić information content (AvgIpc) is 2.40. The quantitative estimate of drug-likeness (QED) is 0.367. The fourth-order valence-corrected chi connectivity index (χ4v) is 1.60. The summed E-state index contributed by atoms with van der Waals surface area (Å²) in [5, 5.41) is 10.9. The zero-order valence-electron chi connectivity index (χ0n) is 10.1. The molecule has 0 saturated carbocycles. The van der Waals surface area contributed by atoms with Gasteiger partial charge in [-0.15, -0.1) is 0 Å². The molecule has 2 N–H and O–H groups in total. The summed E-state index contributed by atoms with van der Waals surface area (Å²) in [6.07, 6.45) is 2.44. The van der Waals surface area contributed by atoms with Crippen molar-refractivity contribution in [3.05, 3.63) is 41.6 Å². The summed E-state index contributed by atoms with van der Waals surface area (Å²) >= 11 is 3.37. The Hall–Kier alpha value is -1.62. The highest BCUT2D eigenvalue weighted by molar-refractivity contribution is 9.08. The van der Waals surface area contributed by atoms with Gasteiger partial charge in [0.25, 0.3) is 0 Å². The van der Waals surface area contributed by atoms with Crippen LogP contribution < -0.4 is 5.32 Å². The second kappa shape index (κ2) is 7.66. The van der Waals surface area contributed by atoms with Crippen molar-refractivity contribution in [2.75, 3.05) is 11.9 Å². The standard InChI is InChI=1S/C13H15BrN2O2/c1-2-18-13(17)11(8-15)9-16-12-5-3-10(7-14)4-6-12/h3-6,8-9,15-16H,2,7H2,1H3/b11-9+,15-8?. The van der Waals surface area contributed by atoms with Gasteiger partial charge < -0.3 is 15.5 Å². The summed E-state index contributed by atoms with van der Waals surface area (Å²) in [7, 11) is 0. The highest BCUT2D eigenvalue weighted by atomic mass is 79.9. The first-order valence-corrected chi connectivity index (χ1v) is 6.62. The van der Waals surface area contributed by atoms with Crippen molar-refractivity contribution in [3.8, 4) is 0 Å². The van der Waals surface area contributed by atoms with Gasteiger partial charge in [-0.25, -0.2) is 4.79 Å². The van der Waals surface area contributed by atoms with Crippen LogP contribution in [0.2, 0.25) is 0 Å². The van der Waals surface area contributed by atoms with Gasteiger partial charge in [0.1, 0.15) is 0 Å². The number of ether oxygens (including phenoxy) is 1. The van der Waals surface area contributed by atoms with E-state index in [0.29, 0.717) is 6.61 Å². The Bertz CT molecular complexity index is 441. The van der Waals surface area contributed by atoms with E-state index in [4.69, 9.17) is 10.1 Å². The van der Waals surface area contributed by atoms with E-state index in [1.165, 1.54) is 11.8 Å². The number of carbonyl (C=O) groups is 1. The van der Waals surface area contributed by atoms with Crippen LogP contribution in [-0.2, 0) is 14.9 Å². The predicted molar refractivity (Wildman–Crippen MR) is 76.2 cm³/mol. The van der Waals surface area contributed by atoms with Gasteiger partial charge in [0.15, 0.2) is 0 Å². The van der Waals surface area contributed by atoms with Crippen molar-refractivity contribution in [1.82, 2.24) is 0 Å². The molecule has 1 rings (SSSR count). The Labute approximate surface area is 115 Å². The molecule has 0 saturated heterocycles. The Balaban J connectivity index is 2.70. The van der Waals surface area contributed by atoms with E-state index in [2.05, 4.69) is 21.2 Å². The third-order valence-electron chi connectivity index (χ3n) is 2.17. The van der Waals surface area contributed by atoms with Crippen molar-refractivity contribution in [2.24, 2.45) is 0 Å². The molecule has 0 aliphatic heterocycles. The average molecular weight is 311 g/mol. The van der Waals surface area contributed by atoms with Gasteiger partial charge in [0, 0.05) is 23.4 Å². The van der Waals surface area contributed by atoms with Crippen LogP contribution >= 0.6 is 15.9 Å². The van der Waals surface area contributed by atoms with Crippen LogP contribution in [0.4, 0.5) is 5.69 Å². The van der Waals surface area contributed by atoms with E-state index < -0.39 is 5.97 Å². The molecule has 0 heterocycles. The molecular formula is C13H15BrN2O2. The third-order valence-corrected chi connectivity index (χ3v) is 2.82. The summed E-state index contributed by atoms with van der Waals surface area (Å²) in [6, 6.07) is 7.75. The first kappa shape index (κ1) is 14.4. The van der Waals surface area contributed by atoms with Crippen LogP contribution in [-0.4, -0.2) is 18.8 Å². The molecule has 18 heavy (non-hydrogen) atoms. The lowest BCUT2D eigenvalue weighted by Gasteiger charge is -2.04. The first-order chi connectivity index (χ1) is 8.71. The van der Waals surface area contributed by atoms with Crippen molar-refractivity contribution >= 4 is 33.8 Å². The maximum atomic E-state index is 11.4. The lowest BCUT2D eigenvalue weighted by atomic mass is 10.2. The Morgan fingerprint density at radius 3 is 2.61 bits per heavy atom. The van der Waals surface area contributed by atoms with Crippen molar-refractivity contribution < 1.29 is 9.53 Å². The van der Waals surface area contributed by atoms with Crippen LogP contribution in [0, 0.1) is 5.41 Å². The van der Waals surface area contributed by atoms with Gasteiger partial charge in [-0.2, -0.15) is 0 Å². The second-order valence-corrected chi connectivity index (χ2v) is 4.00. The molecule has 1 aromatic rings. The number of hydrogen-bond acceptors (Lipinski definition) is 4. The molecule has 0 atom stereocenters. The number of carbonyl (C=O) groups excluding carboxylic acids is 1. The largest absolute Gasteiger partial charge is 0.462 e. The topological polar surface area (TPSA) is 62.2 Å². The zero-order valence-corrected chi connectivity index (χ0v) is 11.7. The molecular weight excluding hydrogens is 296 g/mol. The molecule has 0 aromatic heterocycles. The smallest absolute Gasteiger partial charge is 0.341 e. The zero-order chi connectivity index (χ0) is 13.4. The van der Waals surface area contributed by atoms with E-state index in [1.54, 1.807) is 6.92 Å². The van der Waals surface area contributed by atoms with Gasteiger partial charge in [0.2, 0.25) is 0 Å². The maximum Gasteiger partial charge on any atom is 0.341 e. The highest BCUT2D eigenvalue weighted by Gasteiger charge is 2.06. The number of alkyl halides is 1. The SMILES string of the molecule is CCOC(=O)/C(C=N)=C/Nc1ccc(CBr)cc1. The minimum Gasteiger partial charge on any atom is -0.462 e. The van der Waals surface area contributed by atoms with Crippen LogP contribution in [0.15, 0.2) is 36.0 Å². The fourth-order valence-electron chi connectivity index (χ4n) is 1.23. The van der Waals surface area contributed by atoms with Gasteiger partial charge in [-0.3, -0.25) is 0 Å². The summed E-state index contributed by atoms with van der Waals surface area (Å²) < 4.78 is 4.82. The number of nitrogens with one attached hydrogen (secondary N) is 2. The maximum absolute atomic E-state index is 11.4. The monoisotopic (exact) mass is 310 g/mol. The Morgan fingerprint density at radius 2 is 2.11 bits per heavy atom. The molecule has 96 valence electrons. The molecule has 0 aliphatic carbocycles. The minimum absolute atomic E-state index is 0.182. The molecule has 0 unspecified atom stereocenters. The number of hydrogen-bond donors (Lipinski definition) is 2. The molecule has 0 fully saturated rings. The summed E-state index contributed by atoms with van der Waals surface area (Å²) in [4.78, 5) is 11.4. The highest BCUT2D eigenvalue weighted by Crippen LogP contribution is 2.12. The first-order valence-electron chi connectivity index (χ1n) is 5.50. The molecule has 0 spiro atoms. The van der Waals surface area contributed by atoms with Gasteiger partial charge in [-0.05, 0) is 24.6 Å². The molecule has 1 aromatic carbocycles. The molecule has 0 bridgehead atoms. The summed E-state index contributed by atoms with van der Waals surface area (Å²) in [5.41, 5.74) is 2.20. The number of benzene rings is 1. The Kier molecular flexibility index (Phi) is 6.14. The van der Waals surface area contributed by atoms with Crippen LogP contribution in [0.1, 0.15) is 12.5 Å². The van der Waals surface area contributed by atoms with E-state index >= 15 is 0 Å². The lowest BCUT2D eigenvalue weighted by molar-refractivity contribution is -0.137.